The fourth-order valence-corrected chi connectivity index (χ4v) is 2.54. The summed E-state index contributed by atoms with van der Waals surface area (Å²) in [5.74, 6) is 2.28. The third kappa shape index (κ3) is 5.90. The van der Waals surface area contributed by atoms with Crippen LogP contribution in [0.2, 0.25) is 0 Å². The first kappa shape index (κ1) is 21.1. The molecule has 0 spiro atoms. The van der Waals surface area contributed by atoms with Crippen molar-refractivity contribution in [1.29, 1.82) is 0 Å². The second-order valence-corrected chi connectivity index (χ2v) is 5.73. The van der Waals surface area contributed by atoms with E-state index in [1.807, 2.05) is 38.1 Å². The highest BCUT2D eigenvalue weighted by molar-refractivity contribution is 5.84. The number of hydrogen-bond acceptors (Lipinski definition) is 6. The van der Waals surface area contributed by atoms with Gasteiger partial charge in [0.1, 0.15) is 0 Å². The van der Waals surface area contributed by atoms with Crippen LogP contribution in [0.15, 0.2) is 41.5 Å². The van der Waals surface area contributed by atoms with Crippen LogP contribution in [0.1, 0.15) is 25.0 Å². The Bertz CT molecular complexity index is 820. The molecule has 0 unspecified atom stereocenters. The van der Waals surface area contributed by atoms with Gasteiger partial charge in [0, 0.05) is 0 Å². The summed E-state index contributed by atoms with van der Waals surface area (Å²) in [6, 6.07) is 10.8. The molecule has 7 nitrogen and oxygen atoms in total. The van der Waals surface area contributed by atoms with Crippen LogP contribution in [0.25, 0.3) is 0 Å². The first-order valence-corrected chi connectivity index (χ1v) is 9.03. The molecule has 0 aliphatic heterocycles. The third-order valence-corrected chi connectivity index (χ3v) is 3.78. The number of carbonyl (C=O) groups is 1. The van der Waals surface area contributed by atoms with Gasteiger partial charge in [-0.05, 0) is 55.3 Å². The first-order valence-electron chi connectivity index (χ1n) is 9.03. The monoisotopic (exact) mass is 386 g/mol. The molecule has 0 radical (unpaired) electrons. The van der Waals surface area contributed by atoms with Crippen molar-refractivity contribution in [2.75, 3.05) is 27.4 Å². The fourth-order valence-electron chi connectivity index (χ4n) is 2.54. The molecule has 2 aromatic rings. The highest BCUT2D eigenvalue weighted by atomic mass is 16.5. The van der Waals surface area contributed by atoms with Gasteiger partial charge < -0.3 is 18.9 Å². The van der Waals surface area contributed by atoms with Crippen molar-refractivity contribution in [2.24, 2.45) is 5.10 Å². The van der Waals surface area contributed by atoms with Gasteiger partial charge in [0.25, 0.3) is 0 Å². The molecule has 28 heavy (non-hydrogen) atoms. The van der Waals surface area contributed by atoms with Gasteiger partial charge in [-0.1, -0.05) is 6.07 Å². The van der Waals surface area contributed by atoms with Crippen molar-refractivity contribution in [3.8, 4) is 23.0 Å². The molecule has 0 aliphatic carbocycles. The van der Waals surface area contributed by atoms with Gasteiger partial charge in [0.05, 0.1) is 40.1 Å². The summed E-state index contributed by atoms with van der Waals surface area (Å²) in [6.07, 6.45) is 1.73. The van der Waals surface area contributed by atoms with Gasteiger partial charge >= 0.3 is 0 Å². The Balaban J connectivity index is 1.98. The number of rotatable bonds is 10. The number of ether oxygens (including phenoxy) is 4. The maximum Gasteiger partial charge on any atom is 0.244 e. The summed E-state index contributed by atoms with van der Waals surface area (Å²) >= 11 is 0. The molecule has 0 saturated carbocycles. The molecule has 0 aromatic heterocycles. The van der Waals surface area contributed by atoms with E-state index in [0.29, 0.717) is 36.2 Å². The molecule has 0 fully saturated rings. The lowest BCUT2D eigenvalue weighted by Gasteiger charge is -2.11. The summed E-state index contributed by atoms with van der Waals surface area (Å²) in [5.41, 5.74) is 4.11. The van der Waals surface area contributed by atoms with E-state index >= 15 is 0 Å². The Morgan fingerprint density at radius 3 is 2.29 bits per heavy atom. The molecule has 2 rings (SSSR count). The normalized spacial score (nSPS) is 10.6. The number of hydrazone groups is 1. The molecule has 0 atom stereocenters. The number of methoxy groups -OCH3 is 2. The zero-order valence-electron chi connectivity index (χ0n) is 16.7. The molecule has 0 bridgehead atoms. The average Bonchev–Trinajstić information content (AvgIpc) is 2.70. The lowest BCUT2D eigenvalue weighted by molar-refractivity contribution is -0.120. The average molecular weight is 386 g/mol. The number of carbonyl (C=O) groups excluding carboxylic acids is 1. The van der Waals surface area contributed by atoms with Crippen molar-refractivity contribution in [1.82, 2.24) is 5.43 Å². The second-order valence-electron chi connectivity index (χ2n) is 5.73. The van der Waals surface area contributed by atoms with Crippen molar-refractivity contribution in [3.05, 3.63) is 47.5 Å². The molecule has 150 valence electrons. The van der Waals surface area contributed by atoms with Crippen LogP contribution in [-0.4, -0.2) is 39.6 Å². The SMILES string of the molecule is CCOc1ccc(/C=N/NC(=O)Cc2ccc(OC)c(OC)c2)cc1OCC. The fraction of sp³-hybridized carbons (Fsp3) is 0.333. The van der Waals surface area contributed by atoms with Crippen LogP contribution in [0.4, 0.5) is 0 Å². The van der Waals surface area contributed by atoms with Crippen LogP contribution < -0.4 is 24.4 Å². The van der Waals surface area contributed by atoms with Crippen molar-refractivity contribution in [2.45, 2.75) is 20.3 Å². The van der Waals surface area contributed by atoms with E-state index in [2.05, 4.69) is 10.5 Å². The maximum absolute atomic E-state index is 12.1. The van der Waals surface area contributed by atoms with Crippen molar-refractivity contribution < 1.29 is 23.7 Å². The quantitative estimate of drug-likeness (QED) is 0.501. The summed E-state index contributed by atoms with van der Waals surface area (Å²) in [4.78, 5) is 12.1. The summed E-state index contributed by atoms with van der Waals surface area (Å²) < 4.78 is 21.6. The van der Waals surface area contributed by atoms with Crippen LogP contribution in [0, 0.1) is 0 Å². The molecule has 0 aliphatic rings. The predicted octanol–water partition coefficient (Wildman–Crippen LogP) is 3.19. The van der Waals surface area contributed by atoms with E-state index in [4.69, 9.17) is 18.9 Å². The highest BCUT2D eigenvalue weighted by Gasteiger charge is 2.08. The second kappa shape index (κ2) is 10.8. The van der Waals surface area contributed by atoms with Gasteiger partial charge in [0.2, 0.25) is 5.91 Å². The van der Waals surface area contributed by atoms with Gasteiger partial charge in [-0.15, -0.1) is 0 Å². The standard InChI is InChI=1S/C21H26N2O5/c1-5-27-18-10-8-16(12-20(18)28-6-2)14-22-23-21(24)13-15-7-9-17(25-3)19(11-15)26-4/h7-12,14H,5-6,13H2,1-4H3,(H,23,24)/b22-14+. The largest absolute Gasteiger partial charge is 0.493 e. The number of nitrogens with one attached hydrogen (secondary N) is 1. The molecular formula is C21H26N2O5. The summed E-state index contributed by atoms with van der Waals surface area (Å²) in [7, 11) is 3.12. The Kier molecular flexibility index (Phi) is 8.14. The Hall–Kier alpha value is -3.22. The molecule has 0 saturated heterocycles. The third-order valence-electron chi connectivity index (χ3n) is 3.78. The maximum atomic E-state index is 12.1. The van der Waals surface area contributed by atoms with Crippen LogP contribution in [-0.2, 0) is 11.2 Å². The molecule has 0 heterocycles. The first-order chi connectivity index (χ1) is 13.6. The Morgan fingerprint density at radius 1 is 0.929 bits per heavy atom. The van der Waals surface area contributed by atoms with E-state index in [1.54, 1.807) is 32.6 Å². The highest BCUT2D eigenvalue weighted by Crippen LogP contribution is 2.28. The van der Waals surface area contributed by atoms with Gasteiger partial charge in [-0.2, -0.15) is 5.10 Å². The minimum Gasteiger partial charge on any atom is -0.493 e. The van der Waals surface area contributed by atoms with Crippen LogP contribution in [0.5, 0.6) is 23.0 Å². The van der Waals surface area contributed by atoms with E-state index in [9.17, 15) is 4.79 Å². The lowest BCUT2D eigenvalue weighted by atomic mass is 10.1. The summed E-state index contributed by atoms with van der Waals surface area (Å²) in [6.45, 7) is 4.91. The molecular weight excluding hydrogens is 360 g/mol. The molecule has 1 N–H and O–H groups in total. The summed E-state index contributed by atoms with van der Waals surface area (Å²) in [5, 5.41) is 4.01. The lowest BCUT2D eigenvalue weighted by Crippen LogP contribution is -2.19. The number of nitrogens with zero attached hydrogens (tertiary/aromatic N) is 1. The minimum absolute atomic E-state index is 0.172. The number of hydrogen-bond donors (Lipinski definition) is 1. The number of amides is 1. The van der Waals surface area contributed by atoms with Gasteiger partial charge in [-0.3, -0.25) is 4.79 Å². The Labute approximate surface area is 165 Å². The van der Waals surface area contributed by atoms with Gasteiger partial charge in [-0.25, -0.2) is 5.43 Å². The minimum atomic E-state index is -0.237. The predicted molar refractivity (Wildman–Crippen MR) is 108 cm³/mol. The van der Waals surface area contributed by atoms with E-state index in [-0.39, 0.29) is 12.3 Å². The van der Waals surface area contributed by atoms with Gasteiger partial charge in [0.15, 0.2) is 23.0 Å². The zero-order chi connectivity index (χ0) is 20.4. The van der Waals surface area contributed by atoms with E-state index in [0.717, 1.165) is 11.1 Å². The topological polar surface area (TPSA) is 78.4 Å². The van der Waals surface area contributed by atoms with E-state index < -0.39 is 0 Å². The molecule has 7 heteroatoms. The van der Waals surface area contributed by atoms with Crippen LogP contribution >= 0.6 is 0 Å². The smallest absolute Gasteiger partial charge is 0.244 e. The van der Waals surface area contributed by atoms with E-state index in [1.165, 1.54) is 0 Å². The molecule has 1 amide bonds. The zero-order valence-corrected chi connectivity index (χ0v) is 16.7. The number of benzene rings is 2. The molecule has 2 aromatic carbocycles. The van der Waals surface area contributed by atoms with Crippen molar-refractivity contribution >= 4 is 12.1 Å². The van der Waals surface area contributed by atoms with Crippen LogP contribution in [0.3, 0.4) is 0 Å². The van der Waals surface area contributed by atoms with Crippen molar-refractivity contribution in [3.63, 3.8) is 0 Å². The Morgan fingerprint density at radius 2 is 1.61 bits per heavy atom.